The summed E-state index contributed by atoms with van der Waals surface area (Å²) in [6, 6.07) is 22.4. The summed E-state index contributed by atoms with van der Waals surface area (Å²) in [4.78, 5) is 11.9. The fraction of sp³-hybridized carbons (Fsp3) is 0.0870. The summed E-state index contributed by atoms with van der Waals surface area (Å²) in [5.74, 6) is 1.17. The fourth-order valence-electron chi connectivity index (χ4n) is 3.04. The molecule has 4 rings (SSSR count). The van der Waals surface area contributed by atoms with E-state index in [1.54, 1.807) is 13.2 Å². The zero-order valence-corrected chi connectivity index (χ0v) is 15.9. The molecular formula is C23H17ClO4. The van der Waals surface area contributed by atoms with Gasteiger partial charge >= 0.3 is 5.63 Å². The molecule has 0 bridgehead atoms. The summed E-state index contributed by atoms with van der Waals surface area (Å²) < 4.78 is 16.3. The van der Waals surface area contributed by atoms with E-state index in [2.05, 4.69) is 0 Å². The zero-order chi connectivity index (χ0) is 19.5. The van der Waals surface area contributed by atoms with E-state index in [0.717, 1.165) is 22.1 Å². The number of benzene rings is 3. The molecule has 0 aliphatic rings. The number of hydrogen-bond acceptors (Lipinski definition) is 4. The van der Waals surface area contributed by atoms with Crippen molar-refractivity contribution < 1.29 is 13.9 Å². The molecule has 0 fully saturated rings. The largest absolute Gasteiger partial charge is 0.497 e. The fourth-order valence-corrected chi connectivity index (χ4v) is 3.28. The molecule has 140 valence electrons. The van der Waals surface area contributed by atoms with Gasteiger partial charge in [0.2, 0.25) is 0 Å². The van der Waals surface area contributed by atoms with E-state index in [-0.39, 0.29) is 6.61 Å². The topological polar surface area (TPSA) is 48.7 Å². The standard InChI is InChI=1S/C23H17ClO4/c1-26-18-8-9-19-17(12-23(25)28-22(19)13-18)14-27-21-10-7-16(11-20(21)24)15-5-3-2-4-6-15/h2-13H,14H2,1H3. The number of rotatable bonds is 5. The molecule has 0 amide bonds. The molecule has 1 heterocycles. The Balaban J connectivity index is 1.60. The molecule has 0 spiro atoms. The van der Waals surface area contributed by atoms with Gasteiger partial charge in [-0.3, -0.25) is 0 Å². The predicted octanol–water partition coefficient (Wildman–Crippen LogP) is 5.70. The first kappa shape index (κ1) is 18.1. The molecule has 0 atom stereocenters. The normalized spacial score (nSPS) is 10.8. The lowest BCUT2D eigenvalue weighted by Crippen LogP contribution is -2.04. The monoisotopic (exact) mass is 392 g/mol. The third-order valence-electron chi connectivity index (χ3n) is 4.46. The van der Waals surface area contributed by atoms with E-state index in [9.17, 15) is 4.79 Å². The summed E-state index contributed by atoms with van der Waals surface area (Å²) >= 11 is 6.41. The summed E-state index contributed by atoms with van der Waals surface area (Å²) in [7, 11) is 1.56. The van der Waals surface area contributed by atoms with Gasteiger partial charge in [0.25, 0.3) is 0 Å². The average Bonchev–Trinajstić information content (AvgIpc) is 2.72. The van der Waals surface area contributed by atoms with Crippen LogP contribution in [0.1, 0.15) is 5.56 Å². The Morgan fingerprint density at radius 3 is 2.50 bits per heavy atom. The van der Waals surface area contributed by atoms with Crippen LogP contribution in [0.3, 0.4) is 0 Å². The zero-order valence-electron chi connectivity index (χ0n) is 15.1. The molecule has 0 N–H and O–H groups in total. The lowest BCUT2D eigenvalue weighted by atomic mass is 10.1. The molecular weight excluding hydrogens is 376 g/mol. The Bertz CT molecular complexity index is 1180. The molecule has 0 saturated carbocycles. The SMILES string of the molecule is COc1ccc2c(COc3ccc(-c4ccccc4)cc3Cl)cc(=O)oc2c1. The van der Waals surface area contributed by atoms with Crippen LogP contribution in [0.2, 0.25) is 5.02 Å². The molecule has 3 aromatic carbocycles. The summed E-state index contributed by atoms with van der Waals surface area (Å²) in [6.45, 7) is 0.193. The quantitative estimate of drug-likeness (QED) is 0.409. The second-order valence-corrected chi connectivity index (χ2v) is 6.66. The number of hydrogen-bond donors (Lipinski definition) is 0. The minimum atomic E-state index is -0.440. The first-order valence-electron chi connectivity index (χ1n) is 8.72. The van der Waals surface area contributed by atoms with Gasteiger partial charge < -0.3 is 13.9 Å². The molecule has 28 heavy (non-hydrogen) atoms. The van der Waals surface area contributed by atoms with Crippen LogP contribution >= 0.6 is 11.6 Å². The second-order valence-electron chi connectivity index (χ2n) is 6.25. The summed E-state index contributed by atoms with van der Waals surface area (Å²) in [5.41, 5.74) is 2.82. The number of fused-ring (bicyclic) bond motifs is 1. The van der Waals surface area contributed by atoms with Crippen molar-refractivity contribution in [3.05, 3.63) is 93.8 Å². The van der Waals surface area contributed by atoms with Gasteiger partial charge in [-0.25, -0.2) is 4.79 Å². The van der Waals surface area contributed by atoms with Gasteiger partial charge in [-0.15, -0.1) is 0 Å². The van der Waals surface area contributed by atoms with E-state index in [1.165, 1.54) is 6.07 Å². The minimum absolute atomic E-state index is 0.193. The summed E-state index contributed by atoms with van der Waals surface area (Å²) in [6.07, 6.45) is 0. The third kappa shape index (κ3) is 3.73. The van der Waals surface area contributed by atoms with Crippen LogP contribution in [0.4, 0.5) is 0 Å². The predicted molar refractivity (Wildman–Crippen MR) is 110 cm³/mol. The second kappa shape index (κ2) is 7.79. The van der Waals surface area contributed by atoms with Crippen molar-refractivity contribution in [2.24, 2.45) is 0 Å². The molecule has 4 aromatic rings. The molecule has 1 aromatic heterocycles. The Morgan fingerprint density at radius 2 is 1.75 bits per heavy atom. The van der Waals surface area contributed by atoms with Crippen molar-refractivity contribution in [1.82, 2.24) is 0 Å². The Labute approximate surface area is 166 Å². The van der Waals surface area contributed by atoms with E-state index in [0.29, 0.717) is 22.1 Å². The van der Waals surface area contributed by atoms with Crippen molar-refractivity contribution in [3.63, 3.8) is 0 Å². The highest BCUT2D eigenvalue weighted by molar-refractivity contribution is 6.32. The Kier molecular flexibility index (Phi) is 5.04. The Hall–Kier alpha value is -3.24. The van der Waals surface area contributed by atoms with Crippen LogP contribution in [0.15, 0.2) is 82.0 Å². The van der Waals surface area contributed by atoms with Gasteiger partial charge in [-0.1, -0.05) is 48.0 Å². The van der Waals surface area contributed by atoms with Crippen molar-refractivity contribution in [1.29, 1.82) is 0 Å². The van der Waals surface area contributed by atoms with Crippen LogP contribution < -0.4 is 15.1 Å². The molecule has 0 unspecified atom stereocenters. The van der Waals surface area contributed by atoms with E-state index in [4.69, 9.17) is 25.5 Å². The average molecular weight is 393 g/mol. The van der Waals surface area contributed by atoms with Crippen molar-refractivity contribution in [2.45, 2.75) is 6.61 Å². The van der Waals surface area contributed by atoms with Crippen LogP contribution in [-0.2, 0) is 6.61 Å². The highest BCUT2D eigenvalue weighted by Gasteiger charge is 2.10. The number of methoxy groups -OCH3 is 1. The van der Waals surface area contributed by atoms with Crippen LogP contribution in [0.5, 0.6) is 11.5 Å². The van der Waals surface area contributed by atoms with Gasteiger partial charge in [0.1, 0.15) is 23.7 Å². The smallest absolute Gasteiger partial charge is 0.336 e. The van der Waals surface area contributed by atoms with Crippen LogP contribution in [-0.4, -0.2) is 7.11 Å². The van der Waals surface area contributed by atoms with Gasteiger partial charge in [-0.2, -0.15) is 0 Å². The molecule has 0 aliphatic heterocycles. The molecule has 5 heteroatoms. The maximum absolute atomic E-state index is 11.9. The maximum Gasteiger partial charge on any atom is 0.336 e. The first-order chi connectivity index (χ1) is 13.6. The van der Waals surface area contributed by atoms with Crippen molar-refractivity contribution in [2.75, 3.05) is 7.11 Å². The number of halogens is 1. The van der Waals surface area contributed by atoms with Crippen molar-refractivity contribution in [3.8, 4) is 22.6 Å². The molecule has 0 aliphatic carbocycles. The lowest BCUT2D eigenvalue weighted by Gasteiger charge is -2.11. The van der Waals surface area contributed by atoms with Gasteiger partial charge in [0.05, 0.1) is 12.1 Å². The summed E-state index contributed by atoms with van der Waals surface area (Å²) in [5, 5.41) is 1.30. The van der Waals surface area contributed by atoms with Crippen LogP contribution in [0.25, 0.3) is 22.1 Å². The van der Waals surface area contributed by atoms with E-state index < -0.39 is 5.63 Å². The highest BCUT2D eigenvalue weighted by Crippen LogP contribution is 2.31. The van der Waals surface area contributed by atoms with Crippen LogP contribution in [0, 0.1) is 0 Å². The lowest BCUT2D eigenvalue weighted by molar-refractivity contribution is 0.307. The third-order valence-corrected chi connectivity index (χ3v) is 4.75. The van der Waals surface area contributed by atoms with E-state index >= 15 is 0 Å². The molecule has 0 saturated heterocycles. The van der Waals surface area contributed by atoms with Crippen molar-refractivity contribution >= 4 is 22.6 Å². The van der Waals surface area contributed by atoms with Gasteiger partial charge in [-0.05, 0) is 35.4 Å². The minimum Gasteiger partial charge on any atom is -0.497 e. The Morgan fingerprint density at radius 1 is 0.929 bits per heavy atom. The highest BCUT2D eigenvalue weighted by atomic mass is 35.5. The van der Waals surface area contributed by atoms with E-state index in [1.807, 2.05) is 60.7 Å². The molecule has 0 radical (unpaired) electrons. The van der Waals surface area contributed by atoms with Gasteiger partial charge in [0.15, 0.2) is 0 Å². The number of ether oxygens (including phenoxy) is 2. The maximum atomic E-state index is 11.9. The molecule has 4 nitrogen and oxygen atoms in total. The van der Waals surface area contributed by atoms with Gasteiger partial charge in [0, 0.05) is 23.1 Å². The first-order valence-corrected chi connectivity index (χ1v) is 9.10.